The van der Waals surface area contributed by atoms with Gasteiger partial charge in [-0.05, 0) is 36.5 Å². The van der Waals surface area contributed by atoms with Gasteiger partial charge in [0.1, 0.15) is 0 Å². The number of piperidine rings is 1. The Hall–Kier alpha value is -2.96. The SMILES string of the molecule is Cc1cccc(CS(=O)(=O)N2CCC(C(=O)NC(c3ccccc3)c3ccccc3)CC2)c1. The number of benzene rings is 3. The van der Waals surface area contributed by atoms with Crippen LogP contribution in [0.15, 0.2) is 84.9 Å². The van der Waals surface area contributed by atoms with Crippen LogP contribution in [-0.4, -0.2) is 31.7 Å². The predicted octanol–water partition coefficient (Wildman–Crippen LogP) is 4.44. The third kappa shape index (κ3) is 5.89. The van der Waals surface area contributed by atoms with Crippen molar-refractivity contribution in [1.29, 1.82) is 0 Å². The highest BCUT2D eigenvalue weighted by Crippen LogP contribution is 2.26. The summed E-state index contributed by atoms with van der Waals surface area (Å²) in [6.07, 6.45) is 1.05. The number of rotatable bonds is 7. The number of carbonyl (C=O) groups excluding carboxylic acids is 1. The maximum Gasteiger partial charge on any atom is 0.223 e. The Bertz CT molecular complexity index is 1130. The van der Waals surface area contributed by atoms with E-state index in [1.54, 1.807) is 0 Å². The second kappa shape index (κ2) is 10.3. The molecular weight excluding hydrogens is 432 g/mol. The number of amides is 1. The molecule has 0 saturated carbocycles. The molecule has 4 rings (SSSR count). The van der Waals surface area contributed by atoms with Crippen molar-refractivity contribution in [3.05, 3.63) is 107 Å². The average Bonchev–Trinajstić information content (AvgIpc) is 2.83. The molecule has 0 bridgehead atoms. The average molecular weight is 463 g/mol. The minimum Gasteiger partial charge on any atom is -0.345 e. The molecule has 0 unspecified atom stereocenters. The first-order valence-electron chi connectivity index (χ1n) is 11.4. The van der Waals surface area contributed by atoms with E-state index in [0.29, 0.717) is 25.9 Å². The highest BCUT2D eigenvalue weighted by atomic mass is 32.2. The molecule has 1 aliphatic heterocycles. The van der Waals surface area contributed by atoms with E-state index >= 15 is 0 Å². The van der Waals surface area contributed by atoms with Gasteiger partial charge in [-0.3, -0.25) is 4.79 Å². The van der Waals surface area contributed by atoms with Gasteiger partial charge in [-0.2, -0.15) is 0 Å². The highest BCUT2D eigenvalue weighted by molar-refractivity contribution is 7.88. The number of carbonyl (C=O) groups is 1. The summed E-state index contributed by atoms with van der Waals surface area (Å²) in [4.78, 5) is 13.2. The van der Waals surface area contributed by atoms with E-state index in [9.17, 15) is 13.2 Å². The summed E-state index contributed by atoms with van der Waals surface area (Å²) < 4.78 is 27.4. The van der Waals surface area contributed by atoms with E-state index in [1.807, 2.05) is 91.9 Å². The first-order chi connectivity index (χ1) is 15.9. The quantitative estimate of drug-likeness (QED) is 0.564. The molecule has 0 aliphatic carbocycles. The molecule has 1 aliphatic rings. The molecule has 1 heterocycles. The zero-order chi connectivity index (χ0) is 23.3. The van der Waals surface area contributed by atoms with E-state index in [0.717, 1.165) is 22.3 Å². The largest absolute Gasteiger partial charge is 0.345 e. The topological polar surface area (TPSA) is 66.5 Å². The monoisotopic (exact) mass is 462 g/mol. The lowest BCUT2D eigenvalue weighted by Gasteiger charge is -2.31. The number of hydrogen-bond acceptors (Lipinski definition) is 3. The normalized spacial score (nSPS) is 15.5. The van der Waals surface area contributed by atoms with Crippen molar-refractivity contribution in [1.82, 2.24) is 9.62 Å². The third-order valence-electron chi connectivity index (χ3n) is 6.20. The van der Waals surface area contributed by atoms with Crippen LogP contribution in [0.5, 0.6) is 0 Å². The lowest BCUT2D eigenvalue weighted by Crippen LogP contribution is -2.44. The highest BCUT2D eigenvalue weighted by Gasteiger charge is 2.32. The Morgan fingerprint density at radius 1 is 0.909 bits per heavy atom. The third-order valence-corrected chi connectivity index (χ3v) is 8.05. The summed E-state index contributed by atoms with van der Waals surface area (Å²) in [7, 11) is -3.41. The Morgan fingerprint density at radius 3 is 2.03 bits per heavy atom. The number of nitrogens with zero attached hydrogens (tertiary/aromatic N) is 1. The summed E-state index contributed by atoms with van der Waals surface area (Å²) in [5.41, 5.74) is 3.89. The molecule has 0 radical (unpaired) electrons. The maximum atomic E-state index is 13.2. The Kier molecular flexibility index (Phi) is 7.26. The molecule has 1 amide bonds. The first-order valence-corrected chi connectivity index (χ1v) is 13.0. The van der Waals surface area contributed by atoms with Crippen LogP contribution in [-0.2, 0) is 20.6 Å². The molecule has 33 heavy (non-hydrogen) atoms. The Morgan fingerprint density at radius 2 is 1.48 bits per heavy atom. The number of nitrogens with one attached hydrogen (secondary N) is 1. The van der Waals surface area contributed by atoms with Gasteiger partial charge >= 0.3 is 0 Å². The second-order valence-electron chi connectivity index (χ2n) is 8.68. The molecule has 1 saturated heterocycles. The molecule has 172 valence electrons. The van der Waals surface area contributed by atoms with Gasteiger partial charge in [0.2, 0.25) is 15.9 Å². The molecule has 0 aromatic heterocycles. The lowest BCUT2D eigenvalue weighted by molar-refractivity contribution is -0.126. The number of hydrogen-bond donors (Lipinski definition) is 1. The van der Waals surface area contributed by atoms with Gasteiger partial charge in [0.25, 0.3) is 0 Å². The molecular formula is C27H30N2O3S. The van der Waals surface area contributed by atoms with Gasteiger partial charge in [0, 0.05) is 19.0 Å². The predicted molar refractivity (Wildman–Crippen MR) is 131 cm³/mol. The molecule has 0 atom stereocenters. The van der Waals surface area contributed by atoms with E-state index in [1.165, 1.54) is 4.31 Å². The second-order valence-corrected chi connectivity index (χ2v) is 10.7. The number of sulfonamides is 1. The summed E-state index contributed by atoms with van der Waals surface area (Å²) in [6.45, 7) is 2.69. The van der Waals surface area contributed by atoms with Gasteiger partial charge in [0.15, 0.2) is 0 Å². The van der Waals surface area contributed by atoms with E-state index in [4.69, 9.17) is 0 Å². The fraction of sp³-hybridized carbons (Fsp3) is 0.296. The Balaban J connectivity index is 1.40. The van der Waals surface area contributed by atoms with Crippen molar-refractivity contribution in [3.8, 4) is 0 Å². The molecule has 0 spiro atoms. The van der Waals surface area contributed by atoms with Crippen LogP contribution < -0.4 is 5.32 Å². The van der Waals surface area contributed by atoms with Crippen molar-refractivity contribution < 1.29 is 13.2 Å². The minimum atomic E-state index is -3.41. The van der Waals surface area contributed by atoms with Gasteiger partial charge in [-0.1, -0.05) is 90.5 Å². The first kappa shape index (κ1) is 23.2. The zero-order valence-electron chi connectivity index (χ0n) is 18.9. The van der Waals surface area contributed by atoms with Gasteiger partial charge in [-0.25, -0.2) is 12.7 Å². The van der Waals surface area contributed by atoms with Crippen molar-refractivity contribution in [2.24, 2.45) is 5.92 Å². The molecule has 6 heteroatoms. The van der Waals surface area contributed by atoms with Crippen LogP contribution in [0.4, 0.5) is 0 Å². The zero-order valence-corrected chi connectivity index (χ0v) is 19.7. The summed E-state index contributed by atoms with van der Waals surface area (Å²) in [5.74, 6) is -0.232. The van der Waals surface area contributed by atoms with Crippen LogP contribution in [0, 0.1) is 12.8 Å². The van der Waals surface area contributed by atoms with Crippen molar-refractivity contribution >= 4 is 15.9 Å². The van der Waals surface area contributed by atoms with Crippen molar-refractivity contribution in [2.45, 2.75) is 31.6 Å². The maximum absolute atomic E-state index is 13.2. The van der Waals surface area contributed by atoms with Crippen LogP contribution in [0.1, 0.15) is 41.1 Å². The molecule has 1 fully saturated rings. The van der Waals surface area contributed by atoms with E-state index in [-0.39, 0.29) is 23.6 Å². The van der Waals surface area contributed by atoms with Crippen LogP contribution in [0.25, 0.3) is 0 Å². The van der Waals surface area contributed by atoms with Crippen molar-refractivity contribution in [2.75, 3.05) is 13.1 Å². The van der Waals surface area contributed by atoms with Gasteiger partial charge < -0.3 is 5.32 Å². The van der Waals surface area contributed by atoms with Crippen LogP contribution >= 0.6 is 0 Å². The van der Waals surface area contributed by atoms with Gasteiger partial charge in [-0.15, -0.1) is 0 Å². The summed E-state index contributed by atoms with van der Waals surface area (Å²) >= 11 is 0. The standard InChI is InChI=1S/C27H30N2O3S/c1-21-9-8-10-22(19-21)20-33(31,32)29-17-15-25(16-18-29)27(30)28-26(23-11-4-2-5-12-23)24-13-6-3-7-14-24/h2-14,19,25-26H,15-18,20H2,1H3,(H,28,30). The Labute approximate surface area is 196 Å². The fourth-order valence-electron chi connectivity index (χ4n) is 4.41. The van der Waals surface area contributed by atoms with E-state index in [2.05, 4.69) is 5.32 Å². The smallest absolute Gasteiger partial charge is 0.223 e. The number of aryl methyl sites for hydroxylation is 1. The lowest BCUT2D eigenvalue weighted by atomic mass is 9.94. The van der Waals surface area contributed by atoms with Gasteiger partial charge in [0.05, 0.1) is 11.8 Å². The van der Waals surface area contributed by atoms with E-state index < -0.39 is 10.0 Å². The molecule has 5 nitrogen and oxygen atoms in total. The van der Waals surface area contributed by atoms with Crippen LogP contribution in [0.2, 0.25) is 0 Å². The van der Waals surface area contributed by atoms with Crippen molar-refractivity contribution in [3.63, 3.8) is 0 Å². The van der Waals surface area contributed by atoms with Crippen LogP contribution in [0.3, 0.4) is 0 Å². The molecule has 3 aromatic rings. The summed E-state index contributed by atoms with van der Waals surface area (Å²) in [5, 5.41) is 3.21. The molecule has 3 aromatic carbocycles. The minimum absolute atomic E-state index is 0.00433. The summed E-state index contributed by atoms with van der Waals surface area (Å²) in [6, 6.07) is 27.2. The molecule has 1 N–H and O–H groups in total. The fourth-order valence-corrected chi connectivity index (χ4v) is 5.96.